The summed E-state index contributed by atoms with van der Waals surface area (Å²) < 4.78 is 0. The van der Waals surface area contributed by atoms with Crippen molar-refractivity contribution in [2.75, 3.05) is 5.32 Å². The van der Waals surface area contributed by atoms with Gasteiger partial charge in [-0.3, -0.25) is 9.59 Å². The third-order valence-electron chi connectivity index (χ3n) is 4.47. The van der Waals surface area contributed by atoms with Crippen LogP contribution in [-0.2, 0) is 11.2 Å². The predicted molar refractivity (Wildman–Crippen MR) is 115 cm³/mol. The highest BCUT2D eigenvalue weighted by Gasteiger charge is 2.24. The van der Waals surface area contributed by atoms with Gasteiger partial charge in [0.15, 0.2) is 0 Å². The normalized spacial score (nSPS) is 11.8. The van der Waals surface area contributed by atoms with Gasteiger partial charge in [0.05, 0.1) is 4.88 Å². The van der Waals surface area contributed by atoms with E-state index < -0.39 is 6.04 Å². The zero-order valence-corrected chi connectivity index (χ0v) is 16.8. The fourth-order valence-corrected chi connectivity index (χ4v) is 3.95. The number of carbonyl (C=O) groups is 2. The van der Waals surface area contributed by atoms with Crippen LogP contribution < -0.4 is 10.6 Å². The van der Waals surface area contributed by atoms with E-state index in [1.165, 1.54) is 11.3 Å². The van der Waals surface area contributed by atoms with Gasteiger partial charge in [-0.1, -0.05) is 62.4 Å². The maximum atomic E-state index is 12.9. The minimum atomic E-state index is -0.669. The smallest absolute Gasteiger partial charge is 0.262 e. The summed E-state index contributed by atoms with van der Waals surface area (Å²) in [7, 11) is 0. The number of benzene rings is 2. The Hall–Kier alpha value is -2.92. The van der Waals surface area contributed by atoms with Gasteiger partial charge in [0, 0.05) is 12.1 Å². The lowest BCUT2D eigenvalue weighted by atomic mass is 10.0. The summed E-state index contributed by atoms with van der Waals surface area (Å²) in [6.45, 7) is 4.12. The molecular formula is C23H24N2O2S. The van der Waals surface area contributed by atoms with Crippen molar-refractivity contribution >= 4 is 28.8 Å². The summed E-state index contributed by atoms with van der Waals surface area (Å²) in [4.78, 5) is 26.5. The summed E-state index contributed by atoms with van der Waals surface area (Å²) in [6, 6.07) is 20.3. The maximum Gasteiger partial charge on any atom is 0.262 e. The molecule has 2 N–H and O–H groups in total. The Balaban J connectivity index is 1.80. The van der Waals surface area contributed by atoms with Crippen LogP contribution >= 0.6 is 11.3 Å². The third kappa shape index (κ3) is 5.08. The molecular weight excluding hydrogens is 368 g/mol. The number of amides is 2. The highest BCUT2D eigenvalue weighted by molar-refractivity contribution is 7.12. The van der Waals surface area contributed by atoms with Crippen molar-refractivity contribution in [2.45, 2.75) is 32.2 Å². The van der Waals surface area contributed by atoms with E-state index in [1.54, 1.807) is 0 Å². The van der Waals surface area contributed by atoms with E-state index >= 15 is 0 Å². The van der Waals surface area contributed by atoms with Crippen molar-refractivity contribution in [3.05, 3.63) is 88.1 Å². The molecule has 2 amide bonds. The number of rotatable bonds is 7. The highest BCUT2D eigenvalue weighted by atomic mass is 32.1. The number of hydrogen-bond acceptors (Lipinski definition) is 3. The molecule has 3 aromatic rings. The topological polar surface area (TPSA) is 58.2 Å². The standard InChI is InChI=1S/C23H24N2O2S/c1-16(2)19-13-14-28-21(19)23(27)25-20(15-17-9-5-3-6-10-17)22(26)24-18-11-7-4-8-12-18/h3-14,16,20H,15H2,1-2H3,(H,24,26)(H,25,27). The molecule has 5 heteroatoms. The molecule has 0 radical (unpaired) electrons. The first-order valence-corrected chi connectivity index (χ1v) is 10.2. The van der Waals surface area contributed by atoms with E-state index in [0.29, 0.717) is 17.0 Å². The van der Waals surface area contributed by atoms with Crippen molar-refractivity contribution < 1.29 is 9.59 Å². The van der Waals surface area contributed by atoms with E-state index in [0.717, 1.165) is 11.1 Å². The molecule has 0 saturated carbocycles. The van der Waals surface area contributed by atoms with Gasteiger partial charge < -0.3 is 10.6 Å². The number of para-hydroxylation sites is 1. The Morgan fingerprint density at radius 3 is 2.21 bits per heavy atom. The first-order chi connectivity index (χ1) is 13.5. The first kappa shape index (κ1) is 19.8. The predicted octanol–water partition coefficient (Wildman–Crippen LogP) is 4.85. The van der Waals surface area contributed by atoms with Gasteiger partial charge in [-0.2, -0.15) is 0 Å². The van der Waals surface area contributed by atoms with Gasteiger partial charge in [-0.25, -0.2) is 0 Å². The molecule has 1 heterocycles. The highest BCUT2D eigenvalue weighted by Crippen LogP contribution is 2.24. The van der Waals surface area contributed by atoms with Crippen LogP contribution in [0.2, 0.25) is 0 Å². The molecule has 2 aromatic carbocycles. The van der Waals surface area contributed by atoms with Crippen molar-refractivity contribution in [1.29, 1.82) is 0 Å². The molecule has 1 unspecified atom stereocenters. The third-order valence-corrected chi connectivity index (χ3v) is 5.40. The molecule has 0 spiro atoms. The second-order valence-electron chi connectivity index (χ2n) is 6.93. The molecule has 0 fully saturated rings. The lowest BCUT2D eigenvalue weighted by Gasteiger charge is -2.19. The van der Waals surface area contributed by atoms with Crippen LogP contribution in [0.5, 0.6) is 0 Å². The Bertz CT molecular complexity index is 920. The zero-order chi connectivity index (χ0) is 19.9. The summed E-state index contributed by atoms with van der Waals surface area (Å²) in [6.07, 6.45) is 0.424. The molecule has 0 aliphatic rings. The molecule has 0 bridgehead atoms. The van der Waals surface area contributed by atoms with Crippen molar-refractivity contribution in [1.82, 2.24) is 5.32 Å². The molecule has 0 aliphatic heterocycles. The van der Waals surface area contributed by atoms with Crippen LogP contribution in [0.15, 0.2) is 72.1 Å². The summed E-state index contributed by atoms with van der Waals surface area (Å²) in [5, 5.41) is 7.76. The number of anilines is 1. The van der Waals surface area contributed by atoms with Crippen LogP contribution in [0.25, 0.3) is 0 Å². The van der Waals surface area contributed by atoms with Gasteiger partial charge in [0.2, 0.25) is 5.91 Å². The molecule has 0 saturated heterocycles. The monoisotopic (exact) mass is 392 g/mol. The molecule has 144 valence electrons. The Morgan fingerprint density at radius 1 is 0.929 bits per heavy atom. The Morgan fingerprint density at radius 2 is 1.57 bits per heavy atom. The average molecular weight is 393 g/mol. The molecule has 1 aromatic heterocycles. The second kappa shape index (κ2) is 9.33. The minimum absolute atomic E-state index is 0.206. The second-order valence-corrected chi connectivity index (χ2v) is 7.85. The van der Waals surface area contributed by atoms with Crippen molar-refractivity contribution in [3.8, 4) is 0 Å². The lowest BCUT2D eigenvalue weighted by molar-refractivity contribution is -0.118. The van der Waals surface area contributed by atoms with Gasteiger partial charge in [-0.05, 0) is 40.6 Å². The van der Waals surface area contributed by atoms with E-state index in [-0.39, 0.29) is 17.7 Å². The van der Waals surface area contributed by atoms with Crippen LogP contribution in [0, 0.1) is 0 Å². The Labute approximate surface area is 169 Å². The summed E-state index contributed by atoms with van der Waals surface area (Å²) in [5.41, 5.74) is 2.70. The quantitative estimate of drug-likeness (QED) is 0.604. The van der Waals surface area contributed by atoms with E-state index in [4.69, 9.17) is 0 Å². The first-order valence-electron chi connectivity index (χ1n) is 9.32. The van der Waals surface area contributed by atoms with Crippen LogP contribution in [0.4, 0.5) is 5.69 Å². The van der Waals surface area contributed by atoms with Crippen molar-refractivity contribution in [3.63, 3.8) is 0 Å². The zero-order valence-electron chi connectivity index (χ0n) is 16.0. The number of nitrogens with one attached hydrogen (secondary N) is 2. The number of hydrogen-bond donors (Lipinski definition) is 2. The number of thiophene rings is 1. The van der Waals surface area contributed by atoms with Crippen LogP contribution in [0.1, 0.15) is 40.6 Å². The van der Waals surface area contributed by atoms with E-state index in [9.17, 15) is 9.59 Å². The van der Waals surface area contributed by atoms with Crippen LogP contribution in [-0.4, -0.2) is 17.9 Å². The lowest BCUT2D eigenvalue weighted by Crippen LogP contribution is -2.45. The minimum Gasteiger partial charge on any atom is -0.339 e. The van der Waals surface area contributed by atoms with Gasteiger partial charge in [0.1, 0.15) is 6.04 Å². The summed E-state index contributed by atoms with van der Waals surface area (Å²) >= 11 is 1.41. The summed E-state index contributed by atoms with van der Waals surface area (Å²) in [5.74, 6) is -0.188. The van der Waals surface area contributed by atoms with Crippen molar-refractivity contribution in [2.24, 2.45) is 0 Å². The number of carbonyl (C=O) groups excluding carboxylic acids is 2. The Kier molecular flexibility index (Phi) is 6.61. The molecule has 28 heavy (non-hydrogen) atoms. The fourth-order valence-electron chi connectivity index (χ4n) is 2.99. The average Bonchev–Trinajstić information content (AvgIpc) is 3.19. The SMILES string of the molecule is CC(C)c1ccsc1C(=O)NC(Cc1ccccc1)C(=O)Nc1ccccc1. The van der Waals surface area contributed by atoms with E-state index in [1.807, 2.05) is 72.1 Å². The molecule has 3 rings (SSSR count). The largest absolute Gasteiger partial charge is 0.339 e. The fraction of sp³-hybridized carbons (Fsp3) is 0.217. The van der Waals surface area contributed by atoms with Gasteiger partial charge in [0.25, 0.3) is 5.91 Å². The maximum absolute atomic E-state index is 12.9. The van der Waals surface area contributed by atoms with Crippen LogP contribution in [0.3, 0.4) is 0 Å². The molecule has 4 nitrogen and oxygen atoms in total. The molecule has 0 aliphatic carbocycles. The van der Waals surface area contributed by atoms with Gasteiger partial charge in [-0.15, -0.1) is 11.3 Å². The van der Waals surface area contributed by atoms with Gasteiger partial charge >= 0.3 is 0 Å². The van der Waals surface area contributed by atoms with E-state index in [2.05, 4.69) is 24.5 Å². The molecule has 1 atom stereocenters.